The highest BCUT2D eigenvalue weighted by atomic mass is 16.5. The Morgan fingerprint density at radius 1 is 1.07 bits per heavy atom. The first-order chi connectivity index (χ1) is 14.6. The van der Waals surface area contributed by atoms with E-state index in [9.17, 15) is 9.59 Å². The van der Waals surface area contributed by atoms with Gasteiger partial charge in [-0.25, -0.2) is 4.79 Å². The van der Waals surface area contributed by atoms with Crippen LogP contribution < -0.4 is 15.7 Å². The van der Waals surface area contributed by atoms with Crippen LogP contribution in [0.25, 0.3) is 11.0 Å². The van der Waals surface area contributed by atoms with Gasteiger partial charge in [0.15, 0.2) is 6.61 Å². The molecule has 4 aromatic rings. The molecule has 0 radical (unpaired) electrons. The summed E-state index contributed by atoms with van der Waals surface area (Å²) in [6.07, 6.45) is 2.06. The minimum absolute atomic E-state index is 0.151. The van der Waals surface area contributed by atoms with E-state index in [1.54, 1.807) is 30.5 Å². The van der Waals surface area contributed by atoms with E-state index in [0.29, 0.717) is 35.6 Å². The number of ether oxygens (including phenoxy) is 1. The standard InChI is InChI=1S/C24H21NO5/c1-16-20-10-9-18(29-15-23(26)25-14-19-8-5-11-28-19)13-22(20)30-24(27)21(16)12-17-6-3-2-4-7-17/h2-11,13H,12,14-15H2,1H3,(H,25,26). The van der Waals surface area contributed by atoms with Gasteiger partial charge in [0.1, 0.15) is 17.1 Å². The van der Waals surface area contributed by atoms with Crippen molar-refractivity contribution in [1.29, 1.82) is 0 Å². The molecule has 2 heterocycles. The Bertz CT molecular complexity index is 1210. The predicted molar refractivity (Wildman–Crippen MR) is 113 cm³/mol. The number of furan rings is 1. The summed E-state index contributed by atoms with van der Waals surface area (Å²) < 4.78 is 16.3. The number of hydrogen-bond donors (Lipinski definition) is 1. The van der Waals surface area contributed by atoms with E-state index in [4.69, 9.17) is 13.6 Å². The molecule has 0 saturated carbocycles. The fourth-order valence-corrected chi connectivity index (χ4v) is 3.27. The third kappa shape index (κ3) is 4.43. The molecule has 0 atom stereocenters. The summed E-state index contributed by atoms with van der Waals surface area (Å²) in [5.74, 6) is 0.842. The number of carbonyl (C=O) groups excluding carboxylic acids is 1. The van der Waals surface area contributed by atoms with E-state index in [-0.39, 0.29) is 18.1 Å². The Kier molecular flexibility index (Phi) is 5.66. The second kappa shape index (κ2) is 8.69. The molecule has 1 amide bonds. The number of aryl methyl sites for hydroxylation is 1. The lowest BCUT2D eigenvalue weighted by atomic mass is 10.00. The number of nitrogens with one attached hydrogen (secondary N) is 1. The summed E-state index contributed by atoms with van der Waals surface area (Å²) in [5, 5.41) is 3.55. The molecular weight excluding hydrogens is 382 g/mol. The van der Waals surface area contributed by atoms with Gasteiger partial charge in [0, 0.05) is 23.4 Å². The lowest BCUT2D eigenvalue weighted by molar-refractivity contribution is -0.123. The van der Waals surface area contributed by atoms with Crippen LogP contribution in [-0.4, -0.2) is 12.5 Å². The Labute approximate surface area is 173 Å². The molecule has 2 aromatic carbocycles. The molecule has 1 N–H and O–H groups in total. The average molecular weight is 403 g/mol. The van der Waals surface area contributed by atoms with Crippen molar-refractivity contribution in [2.75, 3.05) is 6.61 Å². The van der Waals surface area contributed by atoms with Crippen molar-refractivity contribution in [3.05, 3.63) is 99.8 Å². The molecule has 0 unspecified atom stereocenters. The summed E-state index contributed by atoms with van der Waals surface area (Å²) in [6.45, 7) is 2.06. The molecule has 0 aliphatic heterocycles. The van der Waals surface area contributed by atoms with Gasteiger partial charge >= 0.3 is 5.63 Å². The number of amides is 1. The summed E-state index contributed by atoms with van der Waals surface area (Å²) >= 11 is 0. The highest BCUT2D eigenvalue weighted by Crippen LogP contribution is 2.25. The molecule has 0 spiro atoms. The zero-order chi connectivity index (χ0) is 20.9. The molecule has 6 heteroatoms. The Morgan fingerprint density at radius 2 is 1.90 bits per heavy atom. The van der Waals surface area contributed by atoms with Gasteiger partial charge in [0.2, 0.25) is 0 Å². The third-order valence-electron chi connectivity index (χ3n) is 4.89. The lowest BCUT2D eigenvalue weighted by Gasteiger charge is -2.10. The maximum Gasteiger partial charge on any atom is 0.340 e. The van der Waals surface area contributed by atoms with Crippen LogP contribution in [0.2, 0.25) is 0 Å². The van der Waals surface area contributed by atoms with Crippen LogP contribution in [0, 0.1) is 6.92 Å². The van der Waals surface area contributed by atoms with Crippen LogP contribution in [0.3, 0.4) is 0 Å². The first kappa shape index (κ1) is 19.5. The highest BCUT2D eigenvalue weighted by molar-refractivity contribution is 5.83. The number of fused-ring (bicyclic) bond motifs is 1. The maximum absolute atomic E-state index is 12.6. The molecular formula is C24H21NO5. The molecule has 0 aliphatic rings. The third-order valence-corrected chi connectivity index (χ3v) is 4.89. The predicted octanol–water partition coefficient (Wildman–Crippen LogP) is 3.98. The molecule has 0 fully saturated rings. The van der Waals surface area contributed by atoms with Crippen LogP contribution in [0.4, 0.5) is 0 Å². The molecule has 6 nitrogen and oxygen atoms in total. The van der Waals surface area contributed by atoms with Crippen molar-refractivity contribution >= 4 is 16.9 Å². The first-order valence-electron chi connectivity index (χ1n) is 9.62. The second-order valence-electron chi connectivity index (χ2n) is 6.96. The van der Waals surface area contributed by atoms with Crippen LogP contribution in [-0.2, 0) is 17.8 Å². The van der Waals surface area contributed by atoms with Crippen molar-refractivity contribution in [2.24, 2.45) is 0 Å². The average Bonchev–Trinajstić information content (AvgIpc) is 3.28. The molecule has 2 aromatic heterocycles. The SMILES string of the molecule is Cc1c(Cc2ccccc2)c(=O)oc2cc(OCC(=O)NCc3ccco3)ccc12. The topological polar surface area (TPSA) is 81.7 Å². The molecule has 0 bridgehead atoms. The minimum atomic E-state index is -0.364. The van der Waals surface area contributed by atoms with Gasteiger partial charge in [-0.05, 0) is 42.3 Å². The van der Waals surface area contributed by atoms with Crippen molar-refractivity contribution in [1.82, 2.24) is 5.32 Å². The van der Waals surface area contributed by atoms with E-state index in [0.717, 1.165) is 16.5 Å². The van der Waals surface area contributed by atoms with Gasteiger partial charge < -0.3 is 18.9 Å². The van der Waals surface area contributed by atoms with Gasteiger partial charge in [-0.15, -0.1) is 0 Å². The molecule has 4 rings (SSSR count). The fourth-order valence-electron chi connectivity index (χ4n) is 3.27. The summed E-state index contributed by atoms with van der Waals surface area (Å²) in [6, 6.07) is 18.6. The zero-order valence-electron chi connectivity index (χ0n) is 16.5. The molecule has 30 heavy (non-hydrogen) atoms. The van der Waals surface area contributed by atoms with Crippen LogP contribution in [0.5, 0.6) is 5.75 Å². The van der Waals surface area contributed by atoms with E-state index < -0.39 is 0 Å². The van der Waals surface area contributed by atoms with E-state index in [2.05, 4.69) is 5.32 Å². The number of carbonyl (C=O) groups is 1. The van der Waals surface area contributed by atoms with E-state index in [1.165, 1.54) is 0 Å². The molecule has 0 saturated heterocycles. The Hall–Kier alpha value is -3.80. The van der Waals surface area contributed by atoms with Gasteiger partial charge in [0.05, 0.1) is 12.8 Å². The van der Waals surface area contributed by atoms with Gasteiger partial charge in [-0.1, -0.05) is 30.3 Å². The van der Waals surface area contributed by atoms with E-state index >= 15 is 0 Å². The van der Waals surface area contributed by atoms with Crippen molar-refractivity contribution < 1.29 is 18.4 Å². The Balaban J connectivity index is 1.47. The fraction of sp³-hybridized carbons (Fsp3) is 0.167. The Morgan fingerprint density at radius 3 is 2.67 bits per heavy atom. The van der Waals surface area contributed by atoms with Gasteiger partial charge in [-0.3, -0.25) is 4.79 Å². The number of rotatable bonds is 7. The first-order valence-corrected chi connectivity index (χ1v) is 9.62. The quantitative estimate of drug-likeness (QED) is 0.472. The van der Waals surface area contributed by atoms with Gasteiger partial charge in [-0.2, -0.15) is 0 Å². The minimum Gasteiger partial charge on any atom is -0.484 e. The van der Waals surface area contributed by atoms with Crippen LogP contribution >= 0.6 is 0 Å². The number of benzene rings is 2. The second-order valence-corrected chi connectivity index (χ2v) is 6.96. The summed E-state index contributed by atoms with van der Waals surface area (Å²) in [7, 11) is 0. The summed E-state index contributed by atoms with van der Waals surface area (Å²) in [5.41, 5.74) is 2.64. The van der Waals surface area contributed by atoms with Crippen LogP contribution in [0.1, 0.15) is 22.5 Å². The normalized spacial score (nSPS) is 10.8. The zero-order valence-corrected chi connectivity index (χ0v) is 16.5. The maximum atomic E-state index is 12.6. The molecule has 0 aliphatic carbocycles. The molecule has 152 valence electrons. The van der Waals surface area contributed by atoms with E-state index in [1.807, 2.05) is 43.3 Å². The highest BCUT2D eigenvalue weighted by Gasteiger charge is 2.13. The van der Waals surface area contributed by atoms with Gasteiger partial charge in [0.25, 0.3) is 5.91 Å². The van der Waals surface area contributed by atoms with Crippen molar-refractivity contribution in [3.8, 4) is 5.75 Å². The smallest absolute Gasteiger partial charge is 0.340 e. The van der Waals surface area contributed by atoms with Crippen molar-refractivity contribution in [3.63, 3.8) is 0 Å². The largest absolute Gasteiger partial charge is 0.484 e. The number of hydrogen-bond acceptors (Lipinski definition) is 5. The van der Waals surface area contributed by atoms with Crippen molar-refractivity contribution in [2.45, 2.75) is 19.9 Å². The van der Waals surface area contributed by atoms with Crippen LogP contribution in [0.15, 0.2) is 80.6 Å². The monoisotopic (exact) mass is 403 g/mol. The lowest BCUT2D eigenvalue weighted by Crippen LogP contribution is -2.28. The summed E-state index contributed by atoms with van der Waals surface area (Å²) in [4.78, 5) is 24.5.